The number of carbonyl (C=O) groups excluding carboxylic acids is 1. The van der Waals surface area contributed by atoms with Crippen molar-refractivity contribution in [3.63, 3.8) is 0 Å². The first kappa shape index (κ1) is 24.3. The van der Waals surface area contributed by atoms with Crippen LogP contribution in [0.1, 0.15) is 81.9 Å². The van der Waals surface area contributed by atoms with Gasteiger partial charge in [0, 0.05) is 36.8 Å². The molecule has 9 heteroatoms. The first-order chi connectivity index (χ1) is 16.8. The zero-order chi connectivity index (χ0) is 24.6. The highest BCUT2D eigenvalue weighted by Gasteiger charge is 2.42. The van der Waals surface area contributed by atoms with Crippen LogP contribution >= 0.6 is 11.6 Å². The fourth-order valence-corrected chi connectivity index (χ4v) is 5.50. The Bertz CT molecular complexity index is 1060. The van der Waals surface area contributed by atoms with Gasteiger partial charge in [-0.3, -0.25) is 5.10 Å². The number of rotatable bonds is 8. The summed E-state index contributed by atoms with van der Waals surface area (Å²) < 4.78 is 5.49. The third-order valence-electron chi connectivity index (χ3n) is 7.75. The van der Waals surface area contributed by atoms with Gasteiger partial charge in [-0.1, -0.05) is 24.6 Å². The lowest BCUT2D eigenvalue weighted by molar-refractivity contribution is 0.0904. The van der Waals surface area contributed by atoms with Crippen LogP contribution in [-0.2, 0) is 4.74 Å². The average molecular weight is 502 g/mol. The van der Waals surface area contributed by atoms with Gasteiger partial charge in [-0.25, -0.2) is 4.79 Å². The summed E-state index contributed by atoms with van der Waals surface area (Å²) in [6.45, 7) is 5.70. The summed E-state index contributed by atoms with van der Waals surface area (Å²) in [7, 11) is 0. The quantitative estimate of drug-likeness (QED) is 0.400. The van der Waals surface area contributed by atoms with Gasteiger partial charge in [-0.05, 0) is 75.5 Å². The van der Waals surface area contributed by atoms with Crippen LogP contribution in [0.4, 0.5) is 16.3 Å². The Balaban J connectivity index is 1.11. The summed E-state index contributed by atoms with van der Waals surface area (Å²) in [6.07, 6.45) is 5.79. The molecule has 0 spiro atoms. The fraction of sp³-hybridized carbons (Fsp3) is 0.615. The van der Waals surface area contributed by atoms with E-state index in [4.69, 9.17) is 16.3 Å². The molecular formula is C26H36ClN5O3. The number of benzene rings is 1. The van der Waals surface area contributed by atoms with E-state index < -0.39 is 6.23 Å². The van der Waals surface area contributed by atoms with E-state index in [1.165, 1.54) is 0 Å². The van der Waals surface area contributed by atoms with Crippen molar-refractivity contribution in [1.29, 1.82) is 0 Å². The normalized spacial score (nSPS) is 25.9. The second-order valence-electron chi connectivity index (χ2n) is 10.7. The van der Waals surface area contributed by atoms with Crippen molar-refractivity contribution < 1.29 is 14.6 Å². The van der Waals surface area contributed by atoms with Crippen molar-refractivity contribution in [2.24, 2.45) is 0 Å². The Kier molecular flexibility index (Phi) is 6.86. The minimum Gasteiger partial charge on any atom is -0.443 e. The highest BCUT2D eigenvalue weighted by Crippen LogP contribution is 2.39. The molecule has 2 aromatic rings. The highest BCUT2D eigenvalue weighted by atomic mass is 35.5. The fourth-order valence-electron chi connectivity index (χ4n) is 5.20. The van der Waals surface area contributed by atoms with E-state index in [9.17, 15) is 9.90 Å². The molecule has 1 aromatic heterocycles. The molecule has 0 bridgehead atoms. The molecule has 0 radical (unpaired) electrons. The Labute approximate surface area is 211 Å². The largest absolute Gasteiger partial charge is 0.443 e. The van der Waals surface area contributed by atoms with Crippen molar-refractivity contribution in [3.8, 4) is 0 Å². The van der Waals surface area contributed by atoms with Crippen molar-refractivity contribution in [2.45, 2.75) is 88.5 Å². The van der Waals surface area contributed by atoms with Gasteiger partial charge in [0.15, 0.2) is 0 Å². The first-order valence-electron chi connectivity index (χ1n) is 12.8. The molecule has 1 saturated heterocycles. The number of hydrogen-bond acceptors (Lipinski definition) is 6. The molecule has 4 unspecified atom stereocenters. The maximum atomic E-state index is 12.1. The number of anilines is 2. The molecule has 4 N–H and O–H groups in total. The monoisotopic (exact) mass is 501 g/mol. The molecule has 2 saturated carbocycles. The summed E-state index contributed by atoms with van der Waals surface area (Å²) >= 11 is 6.57. The predicted octanol–water partition coefficient (Wildman–Crippen LogP) is 5.11. The van der Waals surface area contributed by atoms with E-state index in [2.05, 4.69) is 39.9 Å². The first-order valence-corrected chi connectivity index (χ1v) is 13.2. The van der Waals surface area contributed by atoms with Crippen LogP contribution in [-0.4, -0.2) is 52.4 Å². The maximum Gasteiger partial charge on any atom is 0.407 e. The number of nitrogens with zero attached hydrogens (tertiary/aromatic N) is 2. The highest BCUT2D eigenvalue weighted by molar-refractivity contribution is 6.33. The molecule has 5 rings (SSSR count). The average Bonchev–Trinajstić information content (AvgIpc) is 3.25. The molecule has 35 heavy (non-hydrogen) atoms. The number of H-pyrrole nitrogens is 1. The third kappa shape index (κ3) is 5.70. The second-order valence-corrected chi connectivity index (χ2v) is 11.1. The number of hydrogen-bond donors (Lipinski definition) is 4. The minimum absolute atomic E-state index is 0.143. The molecular weight excluding hydrogens is 466 g/mol. The molecule has 190 valence electrons. The number of amides is 1. The van der Waals surface area contributed by atoms with Gasteiger partial charge < -0.3 is 25.4 Å². The Morgan fingerprint density at radius 1 is 1.34 bits per heavy atom. The number of nitrogens with one attached hydrogen (secondary N) is 3. The second kappa shape index (κ2) is 9.90. The van der Waals surface area contributed by atoms with Crippen molar-refractivity contribution in [2.75, 3.05) is 23.3 Å². The Morgan fingerprint density at radius 3 is 2.89 bits per heavy atom. The molecule has 1 aromatic carbocycles. The van der Waals surface area contributed by atoms with Gasteiger partial charge in [0.2, 0.25) is 0 Å². The zero-order valence-corrected chi connectivity index (χ0v) is 21.3. The summed E-state index contributed by atoms with van der Waals surface area (Å²) in [5.41, 5.74) is 2.90. The van der Waals surface area contributed by atoms with E-state index in [1.807, 2.05) is 24.0 Å². The number of halogens is 1. The molecule has 8 nitrogen and oxygen atoms in total. The van der Waals surface area contributed by atoms with Gasteiger partial charge in [0.1, 0.15) is 17.6 Å². The lowest BCUT2D eigenvalue weighted by Gasteiger charge is -2.24. The van der Waals surface area contributed by atoms with Crippen LogP contribution in [0.5, 0.6) is 0 Å². The zero-order valence-electron chi connectivity index (χ0n) is 20.5. The Hall–Kier alpha value is -2.45. The van der Waals surface area contributed by atoms with Crippen molar-refractivity contribution in [1.82, 2.24) is 15.5 Å². The van der Waals surface area contributed by atoms with Gasteiger partial charge in [0.05, 0.1) is 10.7 Å². The third-order valence-corrected chi connectivity index (χ3v) is 8.05. The molecule has 2 heterocycles. The summed E-state index contributed by atoms with van der Waals surface area (Å²) in [5.74, 6) is 1.42. The van der Waals surface area contributed by atoms with Crippen LogP contribution < -0.4 is 15.5 Å². The van der Waals surface area contributed by atoms with Gasteiger partial charge in [-0.2, -0.15) is 5.10 Å². The lowest BCUT2D eigenvalue weighted by Crippen LogP contribution is -2.35. The molecule has 1 aliphatic heterocycles. The van der Waals surface area contributed by atoms with Crippen molar-refractivity contribution in [3.05, 3.63) is 40.5 Å². The number of aliphatic hydroxyl groups excluding tert-OH is 1. The van der Waals surface area contributed by atoms with E-state index >= 15 is 0 Å². The topological polar surface area (TPSA) is 103 Å². The van der Waals surface area contributed by atoms with Gasteiger partial charge in [0.25, 0.3) is 0 Å². The van der Waals surface area contributed by atoms with Crippen molar-refractivity contribution >= 4 is 29.2 Å². The maximum absolute atomic E-state index is 12.1. The predicted molar refractivity (Wildman–Crippen MR) is 137 cm³/mol. The smallest absolute Gasteiger partial charge is 0.407 e. The van der Waals surface area contributed by atoms with E-state index in [0.29, 0.717) is 10.9 Å². The molecule has 2 aliphatic carbocycles. The number of carbonyl (C=O) groups is 1. The molecule has 4 atom stereocenters. The lowest BCUT2D eigenvalue weighted by atomic mass is 10.0. The van der Waals surface area contributed by atoms with Gasteiger partial charge >= 0.3 is 6.09 Å². The number of ether oxygens (including phenoxy) is 1. The molecule has 3 fully saturated rings. The summed E-state index contributed by atoms with van der Waals surface area (Å²) in [6, 6.07) is 8.33. The van der Waals surface area contributed by atoms with Crippen LogP contribution in [0.15, 0.2) is 24.3 Å². The SMILES string of the molecule is CC(CNc1cc(C2CCC(NC(=O)OC3(C)CC3)C2)[nH]n1)c1ccc(N2CCCC2O)c(Cl)c1. The molecule has 3 aliphatic rings. The van der Waals surface area contributed by atoms with Crippen LogP contribution in [0.3, 0.4) is 0 Å². The molecule has 1 amide bonds. The summed E-state index contributed by atoms with van der Waals surface area (Å²) in [4.78, 5) is 14.1. The van der Waals surface area contributed by atoms with Gasteiger partial charge in [-0.15, -0.1) is 0 Å². The minimum atomic E-state index is -0.447. The van der Waals surface area contributed by atoms with Crippen LogP contribution in [0, 0.1) is 0 Å². The summed E-state index contributed by atoms with van der Waals surface area (Å²) in [5, 5.41) is 24.9. The Morgan fingerprint density at radius 2 is 2.17 bits per heavy atom. The van der Waals surface area contributed by atoms with E-state index in [-0.39, 0.29) is 23.7 Å². The van der Waals surface area contributed by atoms with Crippen LogP contribution in [0.2, 0.25) is 5.02 Å². The van der Waals surface area contributed by atoms with E-state index in [1.54, 1.807) is 0 Å². The number of aromatic amines is 1. The standard InChI is InChI=1S/C26H36ClN5O3/c1-16(17-6-8-22(20(27)13-17)32-11-3-4-24(32)33)15-28-23-14-21(30-31-23)18-5-7-19(12-18)29-25(34)35-26(2)9-10-26/h6,8,13-14,16,18-19,24,33H,3-5,7,9-12,15H2,1-2H3,(H,29,34)(H2,28,30,31). The van der Waals surface area contributed by atoms with E-state index in [0.717, 1.165) is 80.8 Å². The number of aliphatic hydroxyl groups is 1. The number of alkyl carbamates (subject to hydrolysis) is 1. The van der Waals surface area contributed by atoms with Crippen LogP contribution in [0.25, 0.3) is 0 Å². The number of aromatic nitrogens is 2.